The average molecular weight is 569 g/mol. The number of hydrogen-bond donors (Lipinski definition) is 2. The normalized spacial score (nSPS) is 19.0. The summed E-state index contributed by atoms with van der Waals surface area (Å²) in [6.07, 6.45) is 6.66. The van der Waals surface area contributed by atoms with E-state index >= 15 is 0 Å². The van der Waals surface area contributed by atoms with Crippen molar-refractivity contribution in [1.29, 1.82) is 0 Å². The maximum Gasteiger partial charge on any atom is 0.284 e. The summed E-state index contributed by atoms with van der Waals surface area (Å²) in [4.78, 5) is 42.8. The van der Waals surface area contributed by atoms with Crippen molar-refractivity contribution in [1.82, 2.24) is 29.6 Å². The van der Waals surface area contributed by atoms with Gasteiger partial charge < -0.3 is 20.7 Å². The van der Waals surface area contributed by atoms with Crippen LogP contribution in [0.25, 0.3) is 16.9 Å². The van der Waals surface area contributed by atoms with Gasteiger partial charge in [-0.3, -0.25) is 14.3 Å². The third kappa shape index (κ3) is 5.39. The summed E-state index contributed by atoms with van der Waals surface area (Å²) in [5.41, 5.74) is 10.0. The smallest absolute Gasteiger partial charge is 0.284 e. The molecular formula is C31H36N8O3. The quantitative estimate of drug-likeness (QED) is 0.362. The van der Waals surface area contributed by atoms with Gasteiger partial charge in [-0.25, -0.2) is 19.6 Å². The molecule has 4 heterocycles. The first-order valence-corrected chi connectivity index (χ1v) is 14.5. The van der Waals surface area contributed by atoms with Crippen LogP contribution in [0.5, 0.6) is 0 Å². The maximum absolute atomic E-state index is 13.3. The molecule has 2 aliphatic rings. The fourth-order valence-corrected chi connectivity index (χ4v) is 5.99. The molecule has 1 amide bonds. The lowest BCUT2D eigenvalue weighted by atomic mass is 9.83. The van der Waals surface area contributed by atoms with Gasteiger partial charge in [-0.05, 0) is 56.9 Å². The lowest BCUT2D eigenvalue weighted by Gasteiger charge is -2.29. The monoisotopic (exact) mass is 568 g/mol. The molecule has 1 saturated heterocycles. The summed E-state index contributed by atoms with van der Waals surface area (Å²) in [5, 5.41) is 3.12. The highest BCUT2D eigenvalue weighted by atomic mass is 16.5. The highest BCUT2D eigenvalue weighted by Crippen LogP contribution is 2.35. The molecule has 2 fully saturated rings. The number of nitrogens with zero attached hydrogens (tertiary/aromatic N) is 6. The first-order chi connectivity index (χ1) is 20.4. The number of aromatic nitrogens is 5. The van der Waals surface area contributed by atoms with E-state index in [-0.39, 0.29) is 29.0 Å². The summed E-state index contributed by atoms with van der Waals surface area (Å²) in [6.45, 7) is 4.80. The molecule has 11 nitrogen and oxygen atoms in total. The van der Waals surface area contributed by atoms with Gasteiger partial charge in [0.2, 0.25) is 0 Å². The van der Waals surface area contributed by atoms with E-state index in [0.717, 1.165) is 67.2 Å². The molecule has 0 radical (unpaired) electrons. The molecule has 3 aromatic heterocycles. The van der Waals surface area contributed by atoms with Crippen molar-refractivity contribution in [2.75, 3.05) is 36.9 Å². The summed E-state index contributed by atoms with van der Waals surface area (Å²) >= 11 is 0. The second kappa shape index (κ2) is 11.8. The van der Waals surface area contributed by atoms with Crippen LogP contribution < -0.4 is 21.5 Å². The van der Waals surface area contributed by atoms with Gasteiger partial charge in [0.15, 0.2) is 0 Å². The Bertz CT molecular complexity index is 1630. The molecule has 4 aromatic rings. The minimum absolute atomic E-state index is 0.0356. The minimum atomic E-state index is -0.332. The molecule has 0 atom stereocenters. The fraction of sp³-hybridized carbons (Fsp3) is 0.387. The first-order valence-electron chi connectivity index (χ1n) is 14.5. The number of ether oxygens (including phenoxy) is 1. The van der Waals surface area contributed by atoms with Gasteiger partial charge in [-0.2, -0.15) is 0 Å². The molecule has 1 aromatic carbocycles. The van der Waals surface area contributed by atoms with Crippen molar-refractivity contribution < 1.29 is 9.53 Å². The van der Waals surface area contributed by atoms with E-state index in [4.69, 9.17) is 15.5 Å². The van der Waals surface area contributed by atoms with Crippen molar-refractivity contribution in [3.05, 3.63) is 82.2 Å². The maximum atomic E-state index is 13.3. The van der Waals surface area contributed by atoms with E-state index < -0.39 is 0 Å². The van der Waals surface area contributed by atoms with Crippen LogP contribution in [-0.2, 0) is 11.8 Å². The lowest BCUT2D eigenvalue weighted by Crippen LogP contribution is -2.39. The van der Waals surface area contributed by atoms with Gasteiger partial charge in [0.1, 0.15) is 17.2 Å². The Kier molecular flexibility index (Phi) is 7.75. The Morgan fingerprint density at radius 3 is 2.52 bits per heavy atom. The molecule has 0 spiro atoms. The van der Waals surface area contributed by atoms with Crippen molar-refractivity contribution in [3.63, 3.8) is 0 Å². The second-order valence-electron chi connectivity index (χ2n) is 11.0. The predicted molar refractivity (Wildman–Crippen MR) is 161 cm³/mol. The highest BCUT2D eigenvalue weighted by Gasteiger charge is 2.29. The predicted octanol–water partition coefficient (Wildman–Crippen LogP) is 3.21. The third-order valence-electron chi connectivity index (χ3n) is 8.44. The highest BCUT2D eigenvalue weighted by molar-refractivity contribution is 5.95. The molecule has 0 bridgehead atoms. The SMILES string of the molecule is Cc1c(C(=O)N[C@H]2CC[C@H](c3nc(-c4ccnc(N5CCOCC5)c4)cnc3N)CC2)c(=O)n(-c2ccccc2)n1C. The standard InChI is InChI=1S/C31H36N8O3/c1-20-27(31(41)39(37(20)2)24-6-4-3-5-7-24)30(40)35-23-10-8-21(9-11-23)28-29(32)34-19-25(36-28)22-12-13-33-26(18-22)38-14-16-42-17-15-38/h3-7,12-13,18-19,21,23H,8-11,14-17H2,1-2H3,(H2,32,34)(H,35,40)/t21-,23-. The fourth-order valence-electron chi connectivity index (χ4n) is 5.99. The molecule has 11 heteroatoms. The van der Waals surface area contributed by atoms with Crippen LogP contribution in [0.1, 0.15) is 53.3 Å². The number of morpholine rings is 1. The van der Waals surface area contributed by atoms with Crippen molar-refractivity contribution in [2.45, 2.75) is 44.6 Å². The molecule has 3 N–H and O–H groups in total. The van der Waals surface area contributed by atoms with Gasteiger partial charge >= 0.3 is 0 Å². The zero-order chi connectivity index (χ0) is 29.2. The van der Waals surface area contributed by atoms with Gasteiger partial charge in [0, 0.05) is 43.9 Å². The number of rotatable bonds is 6. The zero-order valence-corrected chi connectivity index (χ0v) is 24.0. The number of pyridine rings is 1. The number of carbonyl (C=O) groups is 1. The van der Waals surface area contributed by atoms with E-state index in [1.807, 2.05) is 42.5 Å². The Balaban J connectivity index is 1.14. The molecule has 1 aliphatic carbocycles. The van der Waals surface area contributed by atoms with Gasteiger partial charge in [0.25, 0.3) is 11.5 Å². The van der Waals surface area contributed by atoms with E-state index in [1.165, 1.54) is 4.68 Å². The number of nitrogen functional groups attached to an aromatic ring is 1. The molecule has 0 unspecified atom stereocenters. The molecule has 1 aliphatic heterocycles. The zero-order valence-electron chi connectivity index (χ0n) is 24.0. The number of benzene rings is 1. The second-order valence-corrected chi connectivity index (χ2v) is 11.0. The van der Waals surface area contributed by atoms with Gasteiger partial charge in [-0.1, -0.05) is 18.2 Å². The number of hydrogen-bond acceptors (Lipinski definition) is 8. The van der Waals surface area contributed by atoms with Gasteiger partial charge in [-0.15, -0.1) is 0 Å². The first kappa shape index (κ1) is 27.6. The summed E-state index contributed by atoms with van der Waals surface area (Å²) in [7, 11) is 1.79. The van der Waals surface area contributed by atoms with E-state index in [2.05, 4.69) is 20.2 Å². The Morgan fingerprint density at radius 1 is 1.05 bits per heavy atom. The van der Waals surface area contributed by atoms with Gasteiger partial charge in [0.05, 0.1) is 42.2 Å². The largest absolute Gasteiger partial charge is 0.382 e. The van der Waals surface area contributed by atoms with Crippen molar-refractivity contribution in [3.8, 4) is 16.9 Å². The Labute approximate surface area is 244 Å². The lowest BCUT2D eigenvalue weighted by molar-refractivity contribution is 0.0923. The van der Waals surface area contributed by atoms with E-state index in [0.29, 0.717) is 24.7 Å². The van der Waals surface area contributed by atoms with Crippen molar-refractivity contribution >= 4 is 17.5 Å². The number of para-hydroxylation sites is 1. The summed E-state index contributed by atoms with van der Waals surface area (Å²) in [5.74, 6) is 1.15. The van der Waals surface area contributed by atoms with Crippen LogP contribution >= 0.6 is 0 Å². The molecule has 218 valence electrons. The van der Waals surface area contributed by atoms with Crippen LogP contribution in [0.3, 0.4) is 0 Å². The van der Waals surface area contributed by atoms with E-state index in [9.17, 15) is 9.59 Å². The van der Waals surface area contributed by atoms with Crippen LogP contribution in [0.15, 0.2) is 59.7 Å². The molecule has 42 heavy (non-hydrogen) atoms. The van der Waals surface area contributed by atoms with Crippen LogP contribution in [-0.4, -0.2) is 62.6 Å². The van der Waals surface area contributed by atoms with Crippen LogP contribution in [0.4, 0.5) is 11.6 Å². The topological polar surface area (TPSA) is 133 Å². The number of nitrogens with two attached hydrogens (primary N) is 1. The number of nitrogens with one attached hydrogen (secondary N) is 1. The molecule has 1 saturated carbocycles. The minimum Gasteiger partial charge on any atom is -0.382 e. The van der Waals surface area contributed by atoms with Crippen LogP contribution in [0, 0.1) is 6.92 Å². The van der Waals surface area contributed by atoms with E-state index in [1.54, 1.807) is 31.0 Å². The van der Waals surface area contributed by atoms with Crippen molar-refractivity contribution in [2.24, 2.45) is 7.05 Å². The third-order valence-corrected chi connectivity index (χ3v) is 8.44. The number of amides is 1. The molecular weight excluding hydrogens is 532 g/mol. The number of anilines is 2. The average Bonchev–Trinajstić information content (AvgIpc) is 3.25. The van der Waals surface area contributed by atoms with Crippen LogP contribution in [0.2, 0.25) is 0 Å². The summed E-state index contributed by atoms with van der Waals surface area (Å²) in [6, 6.07) is 13.3. The Morgan fingerprint density at radius 2 is 1.79 bits per heavy atom. The number of carbonyl (C=O) groups excluding carboxylic acids is 1. The summed E-state index contributed by atoms with van der Waals surface area (Å²) < 4.78 is 8.73. The molecule has 6 rings (SSSR count). The Hall–Kier alpha value is -4.51.